The Bertz CT molecular complexity index is 218. The van der Waals surface area contributed by atoms with Crippen LogP contribution in [-0.2, 0) is 0 Å². The normalized spacial score (nSPS) is 24.2. The van der Waals surface area contributed by atoms with Crippen molar-refractivity contribution in [3.05, 3.63) is 0 Å². The van der Waals surface area contributed by atoms with Crippen molar-refractivity contribution in [2.75, 3.05) is 26.2 Å². The number of hydrogen-bond donors (Lipinski definition) is 2. The zero-order chi connectivity index (χ0) is 13.1. The van der Waals surface area contributed by atoms with Crippen molar-refractivity contribution < 1.29 is 0 Å². The van der Waals surface area contributed by atoms with E-state index in [1.807, 2.05) is 0 Å². The highest BCUT2D eigenvalue weighted by molar-refractivity contribution is 4.97. The molecule has 1 rings (SSSR count). The average molecular weight is 241 g/mol. The van der Waals surface area contributed by atoms with E-state index in [-0.39, 0.29) is 11.1 Å². The van der Waals surface area contributed by atoms with Gasteiger partial charge in [0.15, 0.2) is 0 Å². The second kappa shape index (κ2) is 5.68. The second-order valence-electron chi connectivity index (χ2n) is 7.07. The molecule has 0 unspecified atom stereocenters. The largest absolute Gasteiger partial charge is 0.314 e. The molecule has 0 atom stereocenters. The Morgan fingerprint density at radius 3 is 2.12 bits per heavy atom. The lowest BCUT2D eigenvalue weighted by Gasteiger charge is -2.48. The van der Waals surface area contributed by atoms with Crippen molar-refractivity contribution in [3.8, 4) is 0 Å². The van der Waals surface area contributed by atoms with E-state index in [1.54, 1.807) is 0 Å². The predicted octanol–water partition coefficient (Wildman–Crippen LogP) is 1.84. The van der Waals surface area contributed by atoms with Gasteiger partial charge in [0, 0.05) is 30.2 Å². The van der Waals surface area contributed by atoms with Gasteiger partial charge in [-0.15, -0.1) is 0 Å². The predicted molar refractivity (Wildman–Crippen MR) is 75.5 cm³/mol. The molecule has 0 aromatic heterocycles. The van der Waals surface area contributed by atoms with Crippen molar-refractivity contribution in [1.82, 2.24) is 15.5 Å². The van der Waals surface area contributed by atoms with Gasteiger partial charge in [-0.25, -0.2) is 0 Å². The third-order valence-corrected chi connectivity index (χ3v) is 3.12. The van der Waals surface area contributed by atoms with Gasteiger partial charge in [0.05, 0.1) is 0 Å². The molecule has 1 saturated heterocycles. The zero-order valence-corrected chi connectivity index (χ0v) is 12.6. The molecule has 17 heavy (non-hydrogen) atoms. The monoisotopic (exact) mass is 241 g/mol. The fourth-order valence-electron chi connectivity index (χ4n) is 3.02. The highest BCUT2D eigenvalue weighted by atomic mass is 15.3. The highest BCUT2D eigenvalue weighted by Crippen LogP contribution is 2.20. The zero-order valence-electron chi connectivity index (χ0n) is 12.6. The van der Waals surface area contributed by atoms with Crippen LogP contribution in [0, 0.1) is 0 Å². The van der Waals surface area contributed by atoms with Gasteiger partial charge in [-0.05, 0) is 47.2 Å². The van der Waals surface area contributed by atoms with Crippen LogP contribution < -0.4 is 10.6 Å². The first-order valence-corrected chi connectivity index (χ1v) is 6.95. The van der Waals surface area contributed by atoms with Gasteiger partial charge in [-0.3, -0.25) is 4.90 Å². The van der Waals surface area contributed by atoms with Gasteiger partial charge in [-0.1, -0.05) is 13.8 Å². The lowest BCUT2D eigenvalue weighted by molar-refractivity contribution is 0.0773. The van der Waals surface area contributed by atoms with Gasteiger partial charge in [0.2, 0.25) is 0 Å². The summed E-state index contributed by atoms with van der Waals surface area (Å²) in [5.74, 6) is 0. The summed E-state index contributed by atoms with van der Waals surface area (Å²) in [6.07, 6.45) is 1.24. The molecule has 3 heteroatoms. The number of nitrogens with one attached hydrogen (secondary N) is 2. The van der Waals surface area contributed by atoms with Gasteiger partial charge >= 0.3 is 0 Å². The quantitative estimate of drug-likeness (QED) is 0.719. The molecule has 1 heterocycles. The number of piperazine rings is 1. The van der Waals surface area contributed by atoms with E-state index in [9.17, 15) is 0 Å². The van der Waals surface area contributed by atoms with Crippen LogP contribution in [0.2, 0.25) is 0 Å². The van der Waals surface area contributed by atoms with Crippen LogP contribution in [0.3, 0.4) is 0 Å². The highest BCUT2D eigenvalue weighted by Gasteiger charge is 2.35. The number of hydrogen-bond acceptors (Lipinski definition) is 3. The Hall–Kier alpha value is -0.120. The van der Waals surface area contributed by atoms with Crippen LogP contribution >= 0.6 is 0 Å². The van der Waals surface area contributed by atoms with Crippen LogP contribution in [0.25, 0.3) is 0 Å². The summed E-state index contributed by atoms with van der Waals surface area (Å²) in [6.45, 7) is 18.2. The first-order chi connectivity index (χ1) is 7.70. The van der Waals surface area contributed by atoms with E-state index >= 15 is 0 Å². The molecule has 0 radical (unpaired) electrons. The Balaban J connectivity index is 2.33. The van der Waals surface area contributed by atoms with Crippen molar-refractivity contribution in [3.63, 3.8) is 0 Å². The lowest BCUT2D eigenvalue weighted by atomic mass is 9.91. The smallest absolute Gasteiger partial charge is 0.0257 e. The molecule has 0 bridgehead atoms. The van der Waals surface area contributed by atoms with Crippen molar-refractivity contribution in [2.45, 2.75) is 65.1 Å². The van der Waals surface area contributed by atoms with E-state index in [1.165, 1.54) is 13.0 Å². The van der Waals surface area contributed by atoms with E-state index < -0.39 is 0 Å². The van der Waals surface area contributed by atoms with Crippen molar-refractivity contribution in [2.24, 2.45) is 0 Å². The SMILES string of the molecule is CC(C)NCCCN1CC(C)(C)NC(C)(C)C1. The van der Waals surface area contributed by atoms with Crippen LogP contribution in [0.4, 0.5) is 0 Å². The van der Waals surface area contributed by atoms with E-state index in [4.69, 9.17) is 0 Å². The second-order valence-corrected chi connectivity index (χ2v) is 7.07. The van der Waals surface area contributed by atoms with Gasteiger partial charge in [0.1, 0.15) is 0 Å². The molecule has 1 aliphatic heterocycles. The van der Waals surface area contributed by atoms with E-state index in [0.717, 1.165) is 19.6 Å². The maximum atomic E-state index is 3.71. The summed E-state index contributed by atoms with van der Waals surface area (Å²) in [6, 6.07) is 0.603. The van der Waals surface area contributed by atoms with Gasteiger partial charge in [0.25, 0.3) is 0 Å². The minimum atomic E-state index is 0.229. The third-order valence-electron chi connectivity index (χ3n) is 3.12. The molecule has 3 nitrogen and oxygen atoms in total. The minimum Gasteiger partial charge on any atom is -0.314 e. The number of rotatable bonds is 5. The molecule has 0 aromatic rings. The standard InChI is InChI=1S/C14H31N3/c1-12(2)15-8-7-9-17-10-13(3,4)16-14(5,6)11-17/h12,15-16H,7-11H2,1-6H3. The summed E-state index contributed by atoms with van der Waals surface area (Å²) in [5.41, 5.74) is 0.459. The fraction of sp³-hybridized carbons (Fsp3) is 1.00. The summed E-state index contributed by atoms with van der Waals surface area (Å²) in [4.78, 5) is 2.60. The Labute approximate surface area is 107 Å². The fourth-order valence-corrected chi connectivity index (χ4v) is 3.02. The molecule has 0 saturated carbocycles. The topological polar surface area (TPSA) is 27.3 Å². The van der Waals surface area contributed by atoms with Crippen molar-refractivity contribution >= 4 is 0 Å². The summed E-state index contributed by atoms with van der Waals surface area (Å²) >= 11 is 0. The van der Waals surface area contributed by atoms with Crippen molar-refractivity contribution in [1.29, 1.82) is 0 Å². The molecule has 0 aliphatic carbocycles. The first-order valence-electron chi connectivity index (χ1n) is 6.95. The molecule has 0 aromatic carbocycles. The lowest BCUT2D eigenvalue weighted by Crippen LogP contribution is -2.66. The Morgan fingerprint density at radius 2 is 1.65 bits per heavy atom. The summed E-state index contributed by atoms with van der Waals surface area (Å²) in [7, 11) is 0. The first kappa shape index (κ1) is 14.9. The van der Waals surface area contributed by atoms with Crippen LogP contribution in [-0.4, -0.2) is 48.2 Å². The molecular weight excluding hydrogens is 210 g/mol. The van der Waals surface area contributed by atoms with Crippen LogP contribution in [0.1, 0.15) is 48.0 Å². The third kappa shape index (κ3) is 5.84. The molecule has 2 N–H and O–H groups in total. The molecule has 1 fully saturated rings. The maximum Gasteiger partial charge on any atom is 0.0257 e. The molecule has 1 aliphatic rings. The van der Waals surface area contributed by atoms with Crippen LogP contribution in [0.5, 0.6) is 0 Å². The van der Waals surface area contributed by atoms with Crippen LogP contribution in [0.15, 0.2) is 0 Å². The Morgan fingerprint density at radius 1 is 1.12 bits per heavy atom. The van der Waals surface area contributed by atoms with Gasteiger partial charge in [-0.2, -0.15) is 0 Å². The van der Waals surface area contributed by atoms with E-state index in [0.29, 0.717) is 6.04 Å². The Kier molecular flexibility index (Phi) is 4.99. The maximum absolute atomic E-state index is 3.71. The molecular formula is C14H31N3. The minimum absolute atomic E-state index is 0.229. The van der Waals surface area contributed by atoms with Gasteiger partial charge < -0.3 is 10.6 Å². The number of nitrogens with zero attached hydrogens (tertiary/aromatic N) is 1. The molecule has 0 amide bonds. The van der Waals surface area contributed by atoms with E-state index in [2.05, 4.69) is 57.1 Å². The molecule has 102 valence electrons. The summed E-state index contributed by atoms with van der Waals surface area (Å²) in [5, 5.41) is 7.20. The molecule has 0 spiro atoms. The average Bonchev–Trinajstić information content (AvgIpc) is 2.06. The summed E-state index contributed by atoms with van der Waals surface area (Å²) < 4.78 is 0.